The first kappa shape index (κ1) is 7.98. The van der Waals surface area contributed by atoms with Crippen LogP contribution >= 0.6 is 0 Å². The number of hydrogen-bond acceptors (Lipinski definition) is 3. The maximum Gasteiger partial charge on any atom is 0.163 e. The zero-order valence-corrected chi connectivity index (χ0v) is 6.63. The molecule has 1 fully saturated rings. The van der Waals surface area contributed by atoms with Crippen LogP contribution in [0.4, 0.5) is 0 Å². The fourth-order valence-electron chi connectivity index (χ4n) is 0.982. The third-order valence-electron chi connectivity index (χ3n) is 1.61. The average molecular weight is 146 g/mol. The van der Waals surface area contributed by atoms with Crippen LogP contribution in [0.25, 0.3) is 0 Å². The predicted octanol–water partition coefficient (Wildman–Crippen LogP) is 0.519. The molecule has 0 aromatic rings. The van der Waals surface area contributed by atoms with Crippen molar-refractivity contribution < 1.29 is 14.6 Å². The van der Waals surface area contributed by atoms with E-state index in [9.17, 15) is 0 Å². The molecule has 1 rings (SSSR count). The number of ether oxygens (including phenoxy) is 2. The van der Waals surface area contributed by atoms with Gasteiger partial charge in [0.2, 0.25) is 0 Å². The first-order valence-electron chi connectivity index (χ1n) is 3.51. The SMILES string of the molecule is C[C@@H]1OC(C)(C)OCC1O. The molecule has 3 heteroatoms. The van der Waals surface area contributed by atoms with Crippen LogP contribution in [0.3, 0.4) is 0 Å². The largest absolute Gasteiger partial charge is 0.388 e. The summed E-state index contributed by atoms with van der Waals surface area (Å²) in [6.45, 7) is 5.90. The summed E-state index contributed by atoms with van der Waals surface area (Å²) in [6.07, 6.45) is -0.600. The summed E-state index contributed by atoms with van der Waals surface area (Å²) in [5, 5.41) is 9.16. The molecule has 2 atom stereocenters. The summed E-state index contributed by atoms with van der Waals surface area (Å²) in [5.41, 5.74) is 0. The third kappa shape index (κ3) is 1.68. The van der Waals surface area contributed by atoms with Crippen molar-refractivity contribution in [2.45, 2.75) is 38.8 Å². The van der Waals surface area contributed by atoms with Gasteiger partial charge in [-0.3, -0.25) is 0 Å². The Hall–Kier alpha value is -0.120. The summed E-state index contributed by atoms with van der Waals surface area (Å²) in [5.74, 6) is -0.529. The lowest BCUT2D eigenvalue weighted by Gasteiger charge is -2.37. The molecule has 1 aliphatic heterocycles. The summed E-state index contributed by atoms with van der Waals surface area (Å²) in [4.78, 5) is 0. The van der Waals surface area contributed by atoms with E-state index in [1.165, 1.54) is 0 Å². The Labute approximate surface area is 60.9 Å². The second-order valence-corrected chi connectivity index (χ2v) is 3.10. The van der Waals surface area contributed by atoms with Crippen LogP contribution in [0, 0.1) is 0 Å². The van der Waals surface area contributed by atoms with Gasteiger partial charge in [0, 0.05) is 0 Å². The molecule has 0 aromatic carbocycles. The zero-order valence-electron chi connectivity index (χ0n) is 6.63. The molecule has 0 spiro atoms. The third-order valence-corrected chi connectivity index (χ3v) is 1.61. The molecular weight excluding hydrogens is 132 g/mol. The van der Waals surface area contributed by atoms with E-state index in [2.05, 4.69) is 0 Å². The van der Waals surface area contributed by atoms with E-state index in [0.29, 0.717) is 6.61 Å². The van der Waals surface area contributed by atoms with Crippen molar-refractivity contribution in [1.29, 1.82) is 0 Å². The second kappa shape index (κ2) is 2.49. The molecule has 0 saturated carbocycles. The van der Waals surface area contributed by atoms with Gasteiger partial charge in [-0.15, -0.1) is 0 Å². The Morgan fingerprint density at radius 2 is 2.10 bits per heavy atom. The summed E-state index contributed by atoms with van der Waals surface area (Å²) >= 11 is 0. The van der Waals surface area contributed by atoms with E-state index in [1.54, 1.807) is 0 Å². The highest BCUT2D eigenvalue weighted by molar-refractivity contribution is 4.72. The first-order chi connectivity index (χ1) is 4.51. The smallest absolute Gasteiger partial charge is 0.163 e. The van der Waals surface area contributed by atoms with Crippen molar-refractivity contribution in [2.24, 2.45) is 0 Å². The van der Waals surface area contributed by atoms with Gasteiger partial charge in [0.25, 0.3) is 0 Å². The molecule has 0 aliphatic carbocycles. The van der Waals surface area contributed by atoms with E-state index in [1.807, 2.05) is 20.8 Å². The van der Waals surface area contributed by atoms with Gasteiger partial charge in [0.15, 0.2) is 5.79 Å². The molecule has 1 heterocycles. The maximum absolute atomic E-state index is 9.16. The standard InChI is InChI=1S/C7H14O3/c1-5-6(8)4-9-7(2,3)10-5/h5-6,8H,4H2,1-3H3/t5-,6?/m0/s1. The molecule has 0 amide bonds. The monoisotopic (exact) mass is 146 g/mol. The van der Waals surface area contributed by atoms with Crippen LogP contribution in [0.5, 0.6) is 0 Å². The summed E-state index contributed by atoms with van der Waals surface area (Å²) in [7, 11) is 0. The van der Waals surface area contributed by atoms with Gasteiger partial charge < -0.3 is 14.6 Å². The molecule has 1 unspecified atom stereocenters. The second-order valence-electron chi connectivity index (χ2n) is 3.10. The van der Waals surface area contributed by atoms with Gasteiger partial charge in [0.05, 0.1) is 12.7 Å². The van der Waals surface area contributed by atoms with Gasteiger partial charge >= 0.3 is 0 Å². The van der Waals surface area contributed by atoms with Gasteiger partial charge in [0.1, 0.15) is 6.10 Å². The van der Waals surface area contributed by atoms with Crippen LogP contribution < -0.4 is 0 Å². The molecule has 1 aliphatic rings. The molecule has 0 aromatic heterocycles. The highest BCUT2D eigenvalue weighted by Crippen LogP contribution is 2.21. The maximum atomic E-state index is 9.16. The van der Waals surface area contributed by atoms with Gasteiger partial charge in [-0.05, 0) is 20.8 Å². The van der Waals surface area contributed by atoms with Gasteiger partial charge in [-0.1, -0.05) is 0 Å². The first-order valence-corrected chi connectivity index (χ1v) is 3.51. The van der Waals surface area contributed by atoms with Crippen LogP contribution in [-0.2, 0) is 9.47 Å². The Morgan fingerprint density at radius 1 is 1.50 bits per heavy atom. The molecule has 0 bridgehead atoms. The molecule has 1 N–H and O–H groups in total. The van der Waals surface area contributed by atoms with Crippen LogP contribution in [-0.4, -0.2) is 29.7 Å². The number of aliphatic hydroxyl groups is 1. The van der Waals surface area contributed by atoms with Crippen molar-refractivity contribution in [2.75, 3.05) is 6.61 Å². The lowest BCUT2D eigenvalue weighted by Crippen LogP contribution is -2.47. The molecular formula is C7H14O3. The Bertz CT molecular complexity index is 122. The lowest BCUT2D eigenvalue weighted by atomic mass is 10.2. The fraction of sp³-hybridized carbons (Fsp3) is 1.00. The van der Waals surface area contributed by atoms with Crippen molar-refractivity contribution in [3.8, 4) is 0 Å². The lowest BCUT2D eigenvalue weighted by molar-refractivity contribution is -0.299. The van der Waals surface area contributed by atoms with Crippen molar-refractivity contribution in [3.05, 3.63) is 0 Å². The van der Waals surface area contributed by atoms with Crippen molar-refractivity contribution in [3.63, 3.8) is 0 Å². The van der Waals surface area contributed by atoms with E-state index in [-0.39, 0.29) is 6.10 Å². The molecule has 0 radical (unpaired) electrons. The molecule has 3 nitrogen and oxygen atoms in total. The average Bonchev–Trinajstić information content (AvgIpc) is 1.79. The normalized spacial score (nSPS) is 39.6. The van der Waals surface area contributed by atoms with Crippen LogP contribution in [0.2, 0.25) is 0 Å². The summed E-state index contributed by atoms with van der Waals surface area (Å²) < 4.78 is 10.5. The highest BCUT2D eigenvalue weighted by atomic mass is 16.7. The van der Waals surface area contributed by atoms with E-state index >= 15 is 0 Å². The number of hydrogen-bond donors (Lipinski definition) is 1. The Morgan fingerprint density at radius 3 is 2.50 bits per heavy atom. The topological polar surface area (TPSA) is 38.7 Å². The minimum Gasteiger partial charge on any atom is -0.388 e. The Balaban J connectivity index is 2.49. The van der Waals surface area contributed by atoms with Gasteiger partial charge in [-0.2, -0.15) is 0 Å². The van der Waals surface area contributed by atoms with Crippen LogP contribution in [0.1, 0.15) is 20.8 Å². The molecule has 10 heavy (non-hydrogen) atoms. The van der Waals surface area contributed by atoms with E-state index in [4.69, 9.17) is 14.6 Å². The zero-order chi connectivity index (χ0) is 7.78. The number of aliphatic hydroxyl groups excluding tert-OH is 1. The Kier molecular flexibility index (Phi) is 1.99. The minimum atomic E-state index is -0.529. The van der Waals surface area contributed by atoms with Gasteiger partial charge in [-0.25, -0.2) is 0 Å². The highest BCUT2D eigenvalue weighted by Gasteiger charge is 2.32. The van der Waals surface area contributed by atoms with Crippen LogP contribution in [0.15, 0.2) is 0 Å². The quantitative estimate of drug-likeness (QED) is 0.541. The molecule has 60 valence electrons. The van der Waals surface area contributed by atoms with E-state index in [0.717, 1.165) is 0 Å². The minimum absolute atomic E-state index is 0.122. The number of rotatable bonds is 0. The predicted molar refractivity (Wildman–Crippen MR) is 36.6 cm³/mol. The van der Waals surface area contributed by atoms with E-state index < -0.39 is 11.9 Å². The summed E-state index contributed by atoms with van der Waals surface area (Å²) in [6, 6.07) is 0. The fourth-order valence-corrected chi connectivity index (χ4v) is 0.982. The van der Waals surface area contributed by atoms with Crippen molar-refractivity contribution in [1.82, 2.24) is 0 Å². The van der Waals surface area contributed by atoms with Crippen molar-refractivity contribution >= 4 is 0 Å². The molecule has 1 saturated heterocycles.